The number of amides is 1. The molecule has 0 fully saturated rings. The third kappa shape index (κ3) is 4.09. The highest BCUT2D eigenvalue weighted by molar-refractivity contribution is 7.07. The third-order valence-electron chi connectivity index (χ3n) is 4.01. The van der Waals surface area contributed by atoms with Crippen LogP contribution >= 0.6 is 11.3 Å². The summed E-state index contributed by atoms with van der Waals surface area (Å²) in [7, 11) is 1.81. The van der Waals surface area contributed by atoms with Gasteiger partial charge in [0.05, 0.1) is 11.3 Å². The second-order valence-corrected chi connectivity index (χ2v) is 6.69. The molecule has 1 aromatic carbocycles. The summed E-state index contributed by atoms with van der Waals surface area (Å²) in [6, 6.07) is 9.22. The monoisotopic (exact) mass is 356 g/mol. The maximum atomic E-state index is 12.5. The van der Waals surface area contributed by atoms with Gasteiger partial charge < -0.3 is 14.2 Å². The molecule has 0 radical (unpaired) electrons. The molecule has 130 valence electrons. The number of hydrogen-bond acceptors (Lipinski definition) is 5. The molecule has 3 rings (SSSR count). The fraction of sp³-hybridized carbons (Fsp3) is 0.263. The second kappa shape index (κ2) is 7.53. The molecule has 0 N–H and O–H groups in total. The summed E-state index contributed by atoms with van der Waals surface area (Å²) in [6.07, 6.45) is 0. The first kappa shape index (κ1) is 17.2. The average Bonchev–Trinajstić information content (AvgIpc) is 3.23. The molecule has 0 aliphatic heterocycles. The van der Waals surface area contributed by atoms with Crippen molar-refractivity contribution in [2.24, 2.45) is 0 Å². The number of carbonyl (C=O) groups is 1. The van der Waals surface area contributed by atoms with Crippen molar-refractivity contribution in [3.05, 3.63) is 69.2 Å². The normalized spacial score (nSPS) is 10.7. The van der Waals surface area contributed by atoms with Crippen LogP contribution in [0.3, 0.4) is 0 Å². The first-order valence-corrected chi connectivity index (χ1v) is 8.90. The quantitative estimate of drug-likeness (QED) is 0.664. The Balaban J connectivity index is 1.60. The van der Waals surface area contributed by atoms with E-state index in [1.165, 1.54) is 0 Å². The lowest BCUT2D eigenvalue weighted by Gasteiger charge is -2.16. The lowest BCUT2D eigenvalue weighted by atomic mass is 10.2. The minimum absolute atomic E-state index is 0.0107. The Labute approximate surface area is 150 Å². The smallest absolute Gasteiger partial charge is 0.253 e. The number of aromatic nitrogens is 1. The van der Waals surface area contributed by atoms with Crippen molar-refractivity contribution >= 4 is 17.2 Å². The summed E-state index contributed by atoms with van der Waals surface area (Å²) in [4.78, 5) is 14.2. The largest absolute Gasteiger partial charge is 0.489 e. The van der Waals surface area contributed by atoms with Gasteiger partial charge in [-0.3, -0.25) is 4.79 Å². The zero-order chi connectivity index (χ0) is 17.8. The summed E-state index contributed by atoms with van der Waals surface area (Å²) in [5.41, 5.74) is 3.57. The van der Waals surface area contributed by atoms with E-state index in [1.807, 2.05) is 44.5 Å². The van der Waals surface area contributed by atoms with Crippen LogP contribution in [0.2, 0.25) is 0 Å². The zero-order valence-electron chi connectivity index (χ0n) is 14.5. The van der Waals surface area contributed by atoms with E-state index in [0.717, 1.165) is 22.6 Å². The number of thiophene rings is 1. The Morgan fingerprint density at radius 2 is 2.00 bits per heavy atom. The van der Waals surface area contributed by atoms with Gasteiger partial charge in [0.15, 0.2) is 0 Å². The topological polar surface area (TPSA) is 55.6 Å². The lowest BCUT2D eigenvalue weighted by Crippen LogP contribution is -2.25. The highest BCUT2D eigenvalue weighted by atomic mass is 32.1. The van der Waals surface area contributed by atoms with Crippen LogP contribution in [0.5, 0.6) is 5.75 Å². The van der Waals surface area contributed by atoms with Crippen molar-refractivity contribution in [1.29, 1.82) is 0 Å². The molecular weight excluding hydrogens is 336 g/mol. The molecule has 0 unspecified atom stereocenters. The number of nitrogens with zero attached hydrogens (tertiary/aromatic N) is 2. The number of rotatable bonds is 6. The van der Waals surface area contributed by atoms with Crippen LogP contribution in [0.4, 0.5) is 0 Å². The molecular formula is C19H20N2O3S. The van der Waals surface area contributed by atoms with Gasteiger partial charge in [0.25, 0.3) is 5.91 Å². The highest BCUT2D eigenvalue weighted by Crippen LogP contribution is 2.19. The summed E-state index contributed by atoms with van der Waals surface area (Å²) < 4.78 is 10.9. The van der Waals surface area contributed by atoms with E-state index in [4.69, 9.17) is 9.26 Å². The van der Waals surface area contributed by atoms with Gasteiger partial charge in [-0.15, -0.1) is 0 Å². The molecule has 6 heteroatoms. The van der Waals surface area contributed by atoms with Crippen molar-refractivity contribution in [1.82, 2.24) is 10.1 Å². The summed E-state index contributed by atoms with van der Waals surface area (Å²) in [5, 5.41) is 7.97. The minimum Gasteiger partial charge on any atom is -0.489 e. The third-order valence-corrected chi connectivity index (χ3v) is 4.74. The van der Waals surface area contributed by atoms with E-state index < -0.39 is 0 Å². The number of carbonyl (C=O) groups excluding carboxylic acids is 1. The fourth-order valence-corrected chi connectivity index (χ4v) is 3.17. The Kier molecular flexibility index (Phi) is 5.19. The van der Waals surface area contributed by atoms with E-state index >= 15 is 0 Å². The van der Waals surface area contributed by atoms with Gasteiger partial charge in [-0.25, -0.2) is 0 Å². The molecule has 0 aliphatic carbocycles. The van der Waals surface area contributed by atoms with Crippen molar-refractivity contribution in [3.8, 4) is 5.75 Å². The van der Waals surface area contributed by atoms with Crippen molar-refractivity contribution < 1.29 is 14.1 Å². The molecule has 0 atom stereocenters. The highest BCUT2D eigenvalue weighted by Gasteiger charge is 2.13. The van der Waals surface area contributed by atoms with Crippen LogP contribution < -0.4 is 4.74 Å². The van der Waals surface area contributed by atoms with Crippen LogP contribution in [0, 0.1) is 13.8 Å². The van der Waals surface area contributed by atoms with Crippen LogP contribution in [0.1, 0.15) is 32.9 Å². The van der Waals surface area contributed by atoms with Gasteiger partial charge in [-0.05, 0) is 60.5 Å². The van der Waals surface area contributed by atoms with Crippen LogP contribution in [-0.4, -0.2) is 23.0 Å². The molecule has 0 aliphatic rings. The molecule has 0 saturated heterocycles. The lowest BCUT2D eigenvalue weighted by molar-refractivity contribution is 0.0785. The Hall–Kier alpha value is -2.60. The number of ether oxygens (including phenoxy) is 1. The van der Waals surface area contributed by atoms with Gasteiger partial charge in [0, 0.05) is 19.2 Å². The molecule has 0 spiro atoms. The molecule has 2 aromatic heterocycles. The summed E-state index contributed by atoms with van der Waals surface area (Å²) in [6.45, 7) is 4.75. The van der Waals surface area contributed by atoms with Crippen molar-refractivity contribution in [2.45, 2.75) is 27.0 Å². The van der Waals surface area contributed by atoms with E-state index in [1.54, 1.807) is 28.4 Å². The SMILES string of the molecule is Cc1noc(C)c1COc1ccc(C(=O)N(C)Cc2ccsc2)cc1. The minimum atomic E-state index is -0.0107. The van der Waals surface area contributed by atoms with E-state index in [9.17, 15) is 4.79 Å². The van der Waals surface area contributed by atoms with E-state index in [0.29, 0.717) is 24.5 Å². The van der Waals surface area contributed by atoms with Gasteiger partial charge in [-0.1, -0.05) is 5.16 Å². The maximum absolute atomic E-state index is 12.5. The molecule has 2 heterocycles. The Bertz CT molecular complexity index is 819. The van der Waals surface area contributed by atoms with Gasteiger partial charge in [0.1, 0.15) is 18.1 Å². The van der Waals surface area contributed by atoms with Gasteiger partial charge in [-0.2, -0.15) is 11.3 Å². The maximum Gasteiger partial charge on any atom is 0.253 e. The first-order valence-electron chi connectivity index (χ1n) is 7.95. The van der Waals surface area contributed by atoms with Gasteiger partial charge in [0.2, 0.25) is 0 Å². The number of benzene rings is 1. The van der Waals surface area contributed by atoms with E-state index in [-0.39, 0.29) is 5.91 Å². The number of aryl methyl sites for hydroxylation is 2. The summed E-state index contributed by atoms with van der Waals surface area (Å²) >= 11 is 1.63. The molecule has 25 heavy (non-hydrogen) atoms. The first-order chi connectivity index (χ1) is 12.0. The van der Waals surface area contributed by atoms with Crippen molar-refractivity contribution in [3.63, 3.8) is 0 Å². The Morgan fingerprint density at radius 1 is 1.24 bits per heavy atom. The standard InChI is InChI=1S/C19H20N2O3S/c1-13-18(14(2)24-20-13)11-23-17-6-4-16(5-7-17)19(22)21(3)10-15-8-9-25-12-15/h4-9,12H,10-11H2,1-3H3. The molecule has 5 nitrogen and oxygen atoms in total. The summed E-state index contributed by atoms with van der Waals surface area (Å²) in [5.74, 6) is 1.46. The van der Waals surface area contributed by atoms with Crippen LogP contribution in [0.15, 0.2) is 45.6 Å². The molecule has 3 aromatic rings. The Morgan fingerprint density at radius 3 is 2.60 bits per heavy atom. The predicted molar refractivity (Wildman–Crippen MR) is 96.9 cm³/mol. The number of hydrogen-bond donors (Lipinski definition) is 0. The van der Waals surface area contributed by atoms with E-state index in [2.05, 4.69) is 10.5 Å². The molecule has 0 saturated carbocycles. The second-order valence-electron chi connectivity index (χ2n) is 5.91. The molecule has 1 amide bonds. The van der Waals surface area contributed by atoms with Crippen LogP contribution in [0.25, 0.3) is 0 Å². The zero-order valence-corrected chi connectivity index (χ0v) is 15.3. The fourth-order valence-electron chi connectivity index (χ4n) is 2.51. The van der Waals surface area contributed by atoms with Gasteiger partial charge >= 0.3 is 0 Å². The predicted octanol–water partition coefficient (Wildman–Crippen LogP) is 4.20. The average molecular weight is 356 g/mol. The molecule has 0 bridgehead atoms. The van der Waals surface area contributed by atoms with Crippen LogP contribution in [-0.2, 0) is 13.2 Å². The van der Waals surface area contributed by atoms with Crippen molar-refractivity contribution in [2.75, 3.05) is 7.05 Å².